The SMILES string of the molecule is CN(CC1CCCCC1)S(=O)(=O)c1ccc(CN)s1. The second kappa shape index (κ2) is 6.35. The summed E-state index contributed by atoms with van der Waals surface area (Å²) in [7, 11) is -1.65. The summed E-state index contributed by atoms with van der Waals surface area (Å²) in [6, 6.07) is 3.46. The molecule has 0 amide bonds. The first-order valence-electron chi connectivity index (χ1n) is 6.79. The lowest BCUT2D eigenvalue weighted by atomic mass is 9.89. The van der Waals surface area contributed by atoms with Crippen molar-refractivity contribution in [2.75, 3.05) is 13.6 Å². The molecule has 0 saturated heterocycles. The summed E-state index contributed by atoms with van der Waals surface area (Å²) in [4.78, 5) is 0.907. The third-order valence-corrected chi connectivity index (χ3v) is 7.14. The first-order valence-corrected chi connectivity index (χ1v) is 9.05. The van der Waals surface area contributed by atoms with E-state index in [4.69, 9.17) is 5.73 Å². The smallest absolute Gasteiger partial charge is 0.252 e. The first kappa shape index (κ1) is 15.0. The lowest BCUT2D eigenvalue weighted by molar-refractivity contribution is 0.300. The van der Waals surface area contributed by atoms with E-state index in [1.165, 1.54) is 34.9 Å². The summed E-state index contributed by atoms with van der Waals surface area (Å²) in [6.07, 6.45) is 6.05. The summed E-state index contributed by atoms with van der Waals surface area (Å²) in [5.74, 6) is 0.516. The van der Waals surface area contributed by atoms with Crippen LogP contribution in [0.2, 0.25) is 0 Å². The van der Waals surface area contributed by atoms with E-state index < -0.39 is 10.0 Å². The lowest BCUT2D eigenvalue weighted by Gasteiger charge is -2.26. The van der Waals surface area contributed by atoms with Crippen LogP contribution in [0.1, 0.15) is 37.0 Å². The molecule has 0 aliphatic heterocycles. The van der Waals surface area contributed by atoms with Gasteiger partial charge in [0, 0.05) is 25.0 Å². The van der Waals surface area contributed by atoms with Crippen molar-refractivity contribution in [1.82, 2.24) is 4.31 Å². The molecule has 108 valence electrons. The molecular weight excluding hydrogens is 280 g/mol. The molecule has 0 radical (unpaired) electrons. The van der Waals surface area contributed by atoms with Crippen LogP contribution in [0.25, 0.3) is 0 Å². The highest BCUT2D eigenvalue weighted by Crippen LogP contribution is 2.28. The average Bonchev–Trinajstić information content (AvgIpc) is 2.89. The molecule has 0 aromatic carbocycles. The van der Waals surface area contributed by atoms with E-state index in [0.717, 1.165) is 17.7 Å². The van der Waals surface area contributed by atoms with E-state index >= 15 is 0 Å². The molecule has 19 heavy (non-hydrogen) atoms. The molecular formula is C13H22N2O2S2. The van der Waals surface area contributed by atoms with Gasteiger partial charge in [-0.2, -0.15) is 4.31 Å². The average molecular weight is 302 g/mol. The van der Waals surface area contributed by atoms with Gasteiger partial charge in [0.25, 0.3) is 10.0 Å². The van der Waals surface area contributed by atoms with Crippen molar-refractivity contribution in [3.63, 3.8) is 0 Å². The minimum Gasteiger partial charge on any atom is -0.326 e. The minimum absolute atomic E-state index is 0.395. The van der Waals surface area contributed by atoms with E-state index in [0.29, 0.717) is 23.2 Å². The van der Waals surface area contributed by atoms with Crippen LogP contribution < -0.4 is 5.73 Å². The summed E-state index contributed by atoms with van der Waals surface area (Å²) < 4.78 is 26.8. The summed E-state index contributed by atoms with van der Waals surface area (Å²) in [5, 5.41) is 0. The van der Waals surface area contributed by atoms with Crippen LogP contribution in [-0.4, -0.2) is 26.3 Å². The van der Waals surface area contributed by atoms with Crippen LogP contribution in [0.4, 0.5) is 0 Å². The number of sulfonamides is 1. The van der Waals surface area contributed by atoms with Gasteiger partial charge in [-0.1, -0.05) is 19.3 Å². The van der Waals surface area contributed by atoms with E-state index in [2.05, 4.69) is 0 Å². The third kappa shape index (κ3) is 3.56. The Kier molecular flexibility index (Phi) is 5.00. The fourth-order valence-electron chi connectivity index (χ4n) is 2.59. The van der Waals surface area contributed by atoms with Gasteiger partial charge in [-0.15, -0.1) is 11.3 Å². The molecule has 6 heteroatoms. The fraction of sp³-hybridized carbons (Fsp3) is 0.692. The van der Waals surface area contributed by atoms with E-state index in [1.807, 2.05) is 0 Å². The lowest BCUT2D eigenvalue weighted by Crippen LogP contribution is -2.32. The van der Waals surface area contributed by atoms with Crippen LogP contribution in [0.15, 0.2) is 16.3 Å². The topological polar surface area (TPSA) is 63.4 Å². The van der Waals surface area contributed by atoms with Crippen LogP contribution in [0.3, 0.4) is 0 Å². The second-order valence-corrected chi connectivity index (χ2v) is 8.65. The Bertz CT molecular complexity index is 504. The first-order chi connectivity index (χ1) is 9.04. The molecule has 0 atom stereocenters. The Morgan fingerprint density at radius 3 is 2.58 bits per heavy atom. The molecule has 0 unspecified atom stereocenters. The van der Waals surface area contributed by atoms with Gasteiger partial charge in [0.1, 0.15) is 4.21 Å². The zero-order valence-electron chi connectivity index (χ0n) is 11.3. The van der Waals surface area contributed by atoms with Gasteiger partial charge in [0.05, 0.1) is 0 Å². The van der Waals surface area contributed by atoms with Crippen molar-refractivity contribution < 1.29 is 8.42 Å². The zero-order valence-corrected chi connectivity index (χ0v) is 13.0. The van der Waals surface area contributed by atoms with Crippen molar-refractivity contribution in [3.05, 3.63) is 17.0 Å². The molecule has 0 spiro atoms. The second-order valence-electron chi connectivity index (χ2n) is 5.21. The van der Waals surface area contributed by atoms with Gasteiger partial charge >= 0.3 is 0 Å². The van der Waals surface area contributed by atoms with Gasteiger partial charge < -0.3 is 5.73 Å². The Hall–Kier alpha value is -0.430. The maximum absolute atomic E-state index is 12.4. The van der Waals surface area contributed by atoms with Crippen molar-refractivity contribution >= 4 is 21.4 Å². The molecule has 1 aliphatic rings. The number of thiophene rings is 1. The van der Waals surface area contributed by atoms with Gasteiger partial charge in [-0.3, -0.25) is 0 Å². The highest BCUT2D eigenvalue weighted by molar-refractivity contribution is 7.91. The quantitative estimate of drug-likeness (QED) is 0.908. The molecule has 2 rings (SSSR count). The van der Waals surface area contributed by atoms with Gasteiger partial charge in [0.15, 0.2) is 0 Å². The predicted molar refractivity (Wildman–Crippen MR) is 78.6 cm³/mol. The maximum Gasteiger partial charge on any atom is 0.252 e. The number of hydrogen-bond acceptors (Lipinski definition) is 4. The summed E-state index contributed by atoms with van der Waals surface area (Å²) in [5.41, 5.74) is 5.53. The molecule has 1 aromatic rings. The standard InChI is InChI=1S/C13H22N2O2S2/c1-15(10-11-5-3-2-4-6-11)19(16,17)13-8-7-12(9-14)18-13/h7-8,11H,2-6,9-10,14H2,1H3. The third-order valence-electron chi connectivity index (χ3n) is 3.74. The number of hydrogen-bond donors (Lipinski definition) is 1. The molecule has 4 nitrogen and oxygen atoms in total. The number of nitrogens with two attached hydrogens (primary N) is 1. The summed E-state index contributed by atoms with van der Waals surface area (Å²) in [6.45, 7) is 1.03. The van der Waals surface area contributed by atoms with E-state index in [1.54, 1.807) is 19.2 Å². The monoisotopic (exact) mass is 302 g/mol. The predicted octanol–water partition coefficient (Wildman–Crippen LogP) is 2.41. The van der Waals surface area contributed by atoms with Crippen LogP contribution in [0.5, 0.6) is 0 Å². The van der Waals surface area contributed by atoms with Gasteiger partial charge in [-0.05, 0) is 30.9 Å². The molecule has 0 bridgehead atoms. The Labute approximate surface area is 119 Å². The molecule has 1 aromatic heterocycles. The van der Waals surface area contributed by atoms with Crippen molar-refractivity contribution in [3.8, 4) is 0 Å². The van der Waals surface area contributed by atoms with E-state index in [9.17, 15) is 8.42 Å². The zero-order chi connectivity index (χ0) is 13.9. The van der Waals surface area contributed by atoms with Crippen LogP contribution >= 0.6 is 11.3 Å². The highest BCUT2D eigenvalue weighted by atomic mass is 32.2. The maximum atomic E-state index is 12.4. The van der Waals surface area contributed by atoms with Crippen molar-refractivity contribution in [1.29, 1.82) is 0 Å². The van der Waals surface area contributed by atoms with Crippen LogP contribution in [0, 0.1) is 5.92 Å². The van der Waals surface area contributed by atoms with Gasteiger partial charge in [0.2, 0.25) is 0 Å². The van der Waals surface area contributed by atoms with Gasteiger partial charge in [-0.25, -0.2) is 8.42 Å². The van der Waals surface area contributed by atoms with Crippen molar-refractivity contribution in [2.24, 2.45) is 11.7 Å². The largest absolute Gasteiger partial charge is 0.326 e. The van der Waals surface area contributed by atoms with Crippen molar-refractivity contribution in [2.45, 2.75) is 42.9 Å². The molecule has 1 aliphatic carbocycles. The number of nitrogens with zero attached hydrogens (tertiary/aromatic N) is 1. The molecule has 1 heterocycles. The van der Waals surface area contributed by atoms with E-state index in [-0.39, 0.29) is 0 Å². The highest BCUT2D eigenvalue weighted by Gasteiger charge is 2.26. The normalized spacial score (nSPS) is 18.1. The minimum atomic E-state index is -3.33. The molecule has 2 N–H and O–H groups in total. The fourth-order valence-corrected chi connectivity index (χ4v) is 5.28. The van der Waals surface area contributed by atoms with Crippen LogP contribution in [-0.2, 0) is 16.6 Å². The Balaban J connectivity index is 2.05. The molecule has 1 fully saturated rings. The Morgan fingerprint density at radius 1 is 1.32 bits per heavy atom. The number of rotatable bonds is 5. The Morgan fingerprint density at radius 2 is 2.00 bits per heavy atom. The molecule has 1 saturated carbocycles. The summed E-state index contributed by atoms with van der Waals surface area (Å²) >= 11 is 1.28.